The van der Waals surface area contributed by atoms with E-state index in [2.05, 4.69) is 43.5 Å². The zero-order valence-electron chi connectivity index (χ0n) is 10.7. The normalized spacial score (nSPS) is 18.7. The minimum atomic E-state index is -3.45. The molecule has 0 heterocycles. The van der Waals surface area contributed by atoms with Crippen LogP contribution in [0.5, 0.6) is 0 Å². The third-order valence-corrected chi connectivity index (χ3v) is 6.55. The average molecular weight is 411 g/mol. The van der Waals surface area contributed by atoms with Crippen LogP contribution in [0.4, 0.5) is 0 Å². The lowest BCUT2D eigenvalue weighted by molar-refractivity contribution is 0.336. The number of benzene rings is 1. The van der Waals surface area contributed by atoms with E-state index in [-0.39, 0.29) is 10.3 Å². The topological polar surface area (TPSA) is 46.2 Å². The van der Waals surface area contributed by atoms with Crippen molar-refractivity contribution in [3.63, 3.8) is 0 Å². The summed E-state index contributed by atoms with van der Waals surface area (Å²) in [6.07, 6.45) is 4.58. The van der Waals surface area contributed by atoms with Gasteiger partial charge in [0.2, 0.25) is 10.0 Å². The number of sulfonamides is 1. The van der Waals surface area contributed by atoms with E-state index in [0.29, 0.717) is 11.0 Å². The molecule has 0 spiro atoms. The third kappa shape index (κ3) is 3.80. The Morgan fingerprint density at radius 1 is 1.26 bits per heavy atom. The molecule has 0 amide bonds. The van der Waals surface area contributed by atoms with Crippen LogP contribution in [0.15, 0.2) is 32.0 Å². The Kier molecular flexibility index (Phi) is 4.75. The maximum Gasteiger partial charge on any atom is 0.241 e. The zero-order chi connectivity index (χ0) is 14.1. The van der Waals surface area contributed by atoms with Gasteiger partial charge in [-0.25, -0.2) is 13.1 Å². The Bertz CT molecular complexity index is 566. The first-order chi connectivity index (χ1) is 8.82. The van der Waals surface area contributed by atoms with Crippen molar-refractivity contribution in [1.29, 1.82) is 0 Å². The Morgan fingerprint density at radius 3 is 2.47 bits per heavy atom. The molecule has 106 valence electrons. The SMILES string of the molecule is CC1(CNS(=O)(=O)c2ccc(Br)cc2Br)CCCC1. The molecule has 0 bridgehead atoms. The summed E-state index contributed by atoms with van der Waals surface area (Å²) in [5.74, 6) is 0. The van der Waals surface area contributed by atoms with Crippen LogP contribution < -0.4 is 4.72 Å². The van der Waals surface area contributed by atoms with Gasteiger partial charge in [-0.3, -0.25) is 0 Å². The van der Waals surface area contributed by atoms with Crippen molar-refractivity contribution in [3.8, 4) is 0 Å². The second kappa shape index (κ2) is 5.84. The summed E-state index contributed by atoms with van der Waals surface area (Å²) in [6, 6.07) is 5.08. The van der Waals surface area contributed by atoms with Crippen LogP contribution in [-0.4, -0.2) is 15.0 Å². The largest absolute Gasteiger partial charge is 0.241 e. The van der Waals surface area contributed by atoms with Crippen LogP contribution in [0.1, 0.15) is 32.6 Å². The minimum Gasteiger partial charge on any atom is -0.211 e. The third-order valence-electron chi connectivity index (χ3n) is 3.68. The summed E-state index contributed by atoms with van der Waals surface area (Å²) in [7, 11) is -3.45. The maximum atomic E-state index is 12.3. The maximum absolute atomic E-state index is 12.3. The molecule has 1 N–H and O–H groups in total. The summed E-state index contributed by atoms with van der Waals surface area (Å²) in [4.78, 5) is 0.289. The van der Waals surface area contributed by atoms with Crippen molar-refractivity contribution < 1.29 is 8.42 Å². The van der Waals surface area contributed by atoms with E-state index in [1.807, 2.05) is 0 Å². The van der Waals surface area contributed by atoms with E-state index >= 15 is 0 Å². The number of rotatable bonds is 4. The summed E-state index contributed by atoms with van der Waals surface area (Å²) < 4.78 is 28.8. The molecule has 0 atom stereocenters. The number of halogens is 2. The first kappa shape index (κ1) is 15.5. The van der Waals surface area contributed by atoms with Crippen molar-refractivity contribution in [2.75, 3.05) is 6.54 Å². The van der Waals surface area contributed by atoms with Gasteiger partial charge >= 0.3 is 0 Å². The van der Waals surface area contributed by atoms with Crippen LogP contribution in [0.3, 0.4) is 0 Å². The van der Waals surface area contributed by atoms with Gasteiger partial charge in [0.15, 0.2) is 0 Å². The van der Waals surface area contributed by atoms with E-state index in [1.165, 1.54) is 12.8 Å². The standard InChI is InChI=1S/C13H17Br2NO2S/c1-13(6-2-3-7-13)9-16-19(17,18)12-5-4-10(14)8-11(12)15/h4-5,8,16H,2-3,6-7,9H2,1H3. The molecule has 0 radical (unpaired) electrons. The number of hydrogen-bond donors (Lipinski definition) is 1. The molecule has 1 aliphatic carbocycles. The monoisotopic (exact) mass is 409 g/mol. The van der Waals surface area contributed by atoms with Gasteiger partial charge in [0.05, 0.1) is 4.90 Å². The van der Waals surface area contributed by atoms with Gasteiger partial charge in [-0.15, -0.1) is 0 Å². The van der Waals surface area contributed by atoms with Crippen molar-refractivity contribution in [3.05, 3.63) is 27.1 Å². The van der Waals surface area contributed by atoms with Crippen molar-refractivity contribution >= 4 is 41.9 Å². The Balaban J connectivity index is 2.14. The van der Waals surface area contributed by atoms with Crippen LogP contribution in [-0.2, 0) is 10.0 Å². The first-order valence-electron chi connectivity index (χ1n) is 6.27. The van der Waals surface area contributed by atoms with Crippen LogP contribution in [0.25, 0.3) is 0 Å². The molecule has 1 aromatic carbocycles. The molecule has 0 aromatic heterocycles. The zero-order valence-corrected chi connectivity index (χ0v) is 14.7. The smallest absolute Gasteiger partial charge is 0.211 e. The fourth-order valence-corrected chi connectivity index (χ4v) is 5.39. The van der Waals surface area contributed by atoms with Crippen LogP contribution >= 0.6 is 31.9 Å². The van der Waals surface area contributed by atoms with Crippen LogP contribution in [0, 0.1) is 5.41 Å². The lowest BCUT2D eigenvalue weighted by Crippen LogP contribution is -2.34. The van der Waals surface area contributed by atoms with E-state index in [1.54, 1.807) is 18.2 Å². The highest BCUT2D eigenvalue weighted by Gasteiger charge is 2.30. The number of hydrogen-bond acceptors (Lipinski definition) is 2. The van der Waals surface area contributed by atoms with E-state index in [0.717, 1.165) is 17.3 Å². The highest BCUT2D eigenvalue weighted by atomic mass is 79.9. The lowest BCUT2D eigenvalue weighted by Gasteiger charge is -2.23. The van der Waals surface area contributed by atoms with Gasteiger partial charge in [-0.05, 0) is 52.4 Å². The van der Waals surface area contributed by atoms with Gasteiger partial charge in [0.1, 0.15) is 0 Å². The Hall–Kier alpha value is 0.0900. The fraction of sp³-hybridized carbons (Fsp3) is 0.538. The Labute approximate surface area is 131 Å². The van der Waals surface area contributed by atoms with Gasteiger partial charge in [-0.2, -0.15) is 0 Å². The summed E-state index contributed by atoms with van der Waals surface area (Å²) >= 11 is 6.62. The molecular weight excluding hydrogens is 394 g/mol. The van der Waals surface area contributed by atoms with Gasteiger partial charge < -0.3 is 0 Å². The molecule has 0 aliphatic heterocycles. The highest BCUT2D eigenvalue weighted by Crippen LogP contribution is 2.37. The first-order valence-corrected chi connectivity index (χ1v) is 9.34. The van der Waals surface area contributed by atoms with Gasteiger partial charge in [-0.1, -0.05) is 35.7 Å². The quantitative estimate of drug-likeness (QED) is 0.812. The summed E-state index contributed by atoms with van der Waals surface area (Å²) in [6.45, 7) is 2.66. The second-order valence-corrected chi connectivity index (χ2v) is 8.92. The average Bonchev–Trinajstić information content (AvgIpc) is 2.74. The van der Waals surface area contributed by atoms with Gasteiger partial charge in [0.25, 0.3) is 0 Å². The molecule has 2 rings (SSSR count). The predicted molar refractivity (Wildman–Crippen MR) is 83.6 cm³/mol. The molecule has 1 aliphatic rings. The fourth-order valence-electron chi connectivity index (χ4n) is 2.45. The molecule has 6 heteroatoms. The molecule has 1 fully saturated rings. The molecule has 0 saturated heterocycles. The molecular formula is C13H17Br2NO2S. The number of nitrogens with one attached hydrogen (secondary N) is 1. The molecule has 19 heavy (non-hydrogen) atoms. The lowest BCUT2D eigenvalue weighted by atomic mass is 9.89. The van der Waals surface area contributed by atoms with E-state index in [9.17, 15) is 8.42 Å². The Morgan fingerprint density at radius 2 is 1.89 bits per heavy atom. The van der Waals surface area contributed by atoms with Gasteiger partial charge in [0, 0.05) is 15.5 Å². The van der Waals surface area contributed by atoms with E-state index in [4.69, 9.17) is 0 Å². The molecule has 0 unspecified atom stereocenters. The van der Waals surface area contributed by atoms with E-state index < -0.39 is 10.0 Å². The molecule has 3 nitrogen and oxygen atoms in total. The second-order valence-electron chi connectivity index (χ2n) is 5.42. The van der Waals surface area contributed by atoms with Crippen molar-refractivity contribution in [2.45, 2.75) is 37.5 Å². The van der Waals surface area contributed by atoms with Crippen molar-refractivity contribution in [1.82, 2.24) is 4.72 Å². The summed E-state index contributed by atoms with van der Waals surface area (Å²) in [5, 5.41) is 0. The van der Waals surface area contributed by atoms with Crippen molar-refractivity contribution in [2.24, 2.45) is 5.41 Å². The molecule has 1 saturated carbocycles. The van der Waals surface area contributed by atoms with Crippen LogP contribution in [0.2, 0.25) is 0 Å². The molecule has 1 aromatic rings. The predicted octanol–water partition coefficient (Wildman–Crippen LogP) is 4.07. The summed E-state index contributed by atoms with van der Waals surface area (Å²) in [5.41, 5.74) is 0.106. The highest BCUT2D eigenvalue weighted by molar-refractivity contribution is 9.11. The minimum absolute atomic E-state index is 0.106.